The van der Waals surface area contributed by atoms with E-state index in [1.807, 2.05) is 6.08 Å². The molecule has 4 nitrogen and oxygen atoms in total. The van der Waals surface area contributed by atoms with E-state index in [0.29, 0.717) is 12.8 Å². The lowest BCUT2D eigenvalue weighted by atomic mass is 9.83. The minimum Gasteiger partial charge on any atom is -0.481 e. The van der Waals surface area contributed by atoms with Crippen LogP contribution in [0.1, 0.15) is 12.8 Å². The van der Waals surface area contributed by atoms with Gasteiger partial charge in [0, 0.05) is 0 Å². The van der Waals surface area contributed by atoms with Gasteiger partial charge in [0.25, 0.3) is 0 Å². The van der Waals surface area contributed by atoms with Crippen LogP contribution in [0.25, 0.3) is 0 Å². The molecule has 5 heteroatoms. The minimum atomic E-state index is -0.934. The van der Waals surface area contributed by atoms with Gasteiger partial charge in [0.2, 0.25) is 0 Å². The molecule has 0 aromatic rings. The maximum absolute atomic E-state index is 11.2. The summed E-state index contributed by atoms with van der Waals surface area (Å²) in [7, 11) is 0. The molecule has 1 rings (SSSR count). The number of carbonyl (C=O) groups is 2. The van der Waals surface area contributed by atoms with E-state index < -0.39 is 23.8 Å². The van der Waals surface area contributed by atoms with Crippen LogP contribution in [0, 0.1) is 11.8 Å². The number of hydrogen-bond acceptors (Lipinski definition) is 3. The fraction of sp³-hybridized carbons (Fsp3) is 0.500. The van der Waals surface area contributed by atoms with Gasteiger partial charge in [-0.1, -0.05) is 12.2 Å². The average molecular weight is 296 g/mol. The molecule has 0 aliphatic heterocycles. The van der Waals surface area contributed by atoms with E-state index in [1.165, 1.54) is 23.0 Å². The van der Waals surface area contributed by atoms with Crippen molar-refractivity contribution in [3.05, 3.63) is 12.2 Å². The molecule has 1 N–H and O–H groups in total. The lowest BCUT2D eigenvalue weighted by molar-refractivity contribution is -0.150. The fourth-order valence-electron chi connectivity index (χ4n) is 1.40. The van der Waals surface area contributed by atoms with E-state index in [0.717, 1.165) is 0 Å². The third-order valence-electron chi connectivity index (χ3n) is 2.13. The maximum atomic E-state index is 11.2. The number of carboxylic acid groups (broad SMARTS) is 1. The van der Waals surface area contributed by atoms with Crippen LogP contribution >= 0.6 is 23.0 Å². The van der Waals surface area contributed by atoms with E-state index in [4.69, 9.17) is 5.11 Å². The molecule has 2 unspecified atom stereocenters. The van der Waals surface area contributed by atoms with Gasteiger partial charge in [0.15, 0.2) is 23.0 Å². The highest BCUT2D eigenvalue weighted by Crippen LogP contribution is 2.27. The summed E-state index contributed by atoms with van der Waals surface area (Å²) in [6.07, 6.45) is 4.47. The Bertz CT molecular complexity index is 249. The third kappa shape index (κ3) is 2.43. The first kappa shape index (κ1) is 10.5. The van der Waals surface area contributed by atoms with Crippen molar-refractivity contribution in [1.82, 2.24) is 0 Å². The van der Waals surface area contributed by atoms with Crippen molar-refractivity contribution in [2.75, 3.05) is 0 Å². The van der Waals surface area contributed by atoms with Crippen LogP contribution in [0.15, 0.2) is 12.2 Å². The summed E-state index contributed by atoms with van der Waals surface area (Å²) in [6, 6.07) is 0. The molecule has 0 bridgehead atoms. The van der Waals surface area contributed by atoms with Crippen LogP contribution in [0.4, 0.5) is 0 Å². The van der Waals surface area contributed by atoms with Gasteiger partial charge >= 0.3 is 11.9 Å². The molecule has 0 radical (unpaired) electrons. The number of allylic oxidation sites excluding steroid dienone is 2. The summed E-state index contributed by atoms with van der Waals surface area (Å²) >= 11 is 1.48. The number of hydrogen-bond donors (Lipinski definition) is 1. The summed E-state index contributed by atoms with van der Waals surface area (Å²) in [5.74, 6) is -2.54. The molecule has 1 aliphatic carbocycles. The molecule has 0 amide bonds. The van der Waals surface area contributed by atoms with Gasteiger partial charge in [-0.25, -0.2) is 0 Å². The first-order valence-corrected chi connectivity index (χ1v) is 4.75. The van der Waals surface area contributed by atoms with Crippen molar-refractivity contribution in [1.29, 1.82) is 0 Å². The molecule has 13 heavy (non-hydrogen) atoms. The molecule has 72 valence electrons. The van der Waals surface area contributed by atoms with E-state index in [2.05, 4.69) is 3.07 Å². The topological polar surface area (TPSA) is 63.6 Å². The smallest absolute Gasteiger partial charge is 0.319 e. The van der Waals surface area contributed by atoms with Crippen LogP contribution in [-0.4, -0.2) is 17.0 Å². The second-order valence-corrected chi connectivity index (χ2v) is 3.33. The lowest BCUT2D eigenvalue weighted by Gasteiger charge is -2.21. The number of halogens is 1. The predicted octanol–water partition coefficient (Wildman–Crippen LogP) is 1.55. The Labute approximate surface area is 89.6 Å². The third-order valence-corrected chi connectivity index (χ3v) is 2.56. The van der Waals surface area contributed by atoms with Gasteiger partial charge in [-0.15, -0.1) is 0 Å². The van der Waals surface area contributed by atoms with Crippen molar-refractivity contribution in [3.8, 4) is 0 Å². The molecule has 0 fully saturated rings. The lowest BCUT2D eigenvalue weighted by Crippen LogP contribution is -2.31. The first-order valence-electron chi connectivity index (χ1n) is 3.87. The molecular formula is C8H9IO4. The molecular weight excluding hydrogens is 287 g/mol. The highest BCUT2D eigenvalue weighted by molar-refractivity contribution is 14.1. The first-order chi connectivity index (χ1) is 6.16. The minimum absolute atomic E-state index is 0.408. The van der Waals surface area contributed by atoms with Crippen molar-refractivity contribution in [3.63, 3.8) is 0 Å². The summed E-state index contributed by atoms with van der Waals surface area (Å²) in [6.45, 7) is 0. The standard InChI is InChI=1S/C8H9IO4/c9-13-8(12)6-4-2-1-3-5(6)7(10)11/h1-2,5-6H,3-4H2,(H,10,11). The molecule has 0 aromatic carbocycles. The van der Waals surface area contributed by atoms with Crippen LogP contribution in [-0.2, 0) is 12.7 Å². The van der Waals surface area contributed by atoms with Gasteiger partial charge in [-0.3, -0.25) is 9.59 Å². The Morgan fingerprint density at radius 1 is 1.31 bits per heavy atom. The van der Waals surface area contributed by atoms with Gasteiger partial charge in [-0.2, -0.15) is 0 Å². The van der Waals surface area contributed by atoms with Crippen molar-refractivity contribution in [2.45, 2.75) is 12.8 Å². The van der Waals surface area contributed by atoms with Crippen molar-refractivity contribution in [2.24, 2.45) is 11.8 Å². The average Bonchev–Trinajstić information content (AvgIpc) is 2.16. The quantitative estimate of drug-likeness (QED) is 0.620. The molecule has 0 saturated carbocycles. The maximum Gasteiger partial charge on any atom is 0.319 e. The summed E-state index contributed by atoms with van der Waals surface area (Å²) < 4.78 is 4.50. The molecule has 0 heterocycles. The van der Waals surface area contributed by atoms with E-state index in [9.17, 15) is 9.59 Å². The zero-order chi connectivity index (χ0) is 9.84. The SMILES string of the molecule is O=C(O)C1CC=CCC1C(=O)OI. The van der Waals surface area contributed by atoms with Crippen LogP contribution in [0.2, 0.25) is 0 Å². The Morgan fingerprint density at radius 2 is 1.85 bits per heavy atom. The fourth-order valence-corrected chi connectivity index (χ4v) is 1.73. The summed E-state index contributed by atoms with van der Waals surface area (Å²) in [5, 5.41) is 8.81. The Hall–Kier alpha value is -0.590. The zero-order valence-corrected chi connectivity index (χ0v) is 8.93. The molecule has 2 atom stereocenters. The molecule has 0 saturated heterocycles. The number of carboxylic acids is 1. The monoisotopic (exact) mass is 296 g/mol. The van der Waals surface area contributed by atoms with Gasteiger partial charge in [0.1, 0.15) is 0 Å². The van der Waals surface area contributed by atoms with E-state index in [1.54, 1.807) is 6.08 Å². The predicted molar refractivity (Wildman–Crippen MR) is 53.1 cm³/mol. The number of rotatable bonds is 2. The van der Waals surface area contributed by atoms with Crippen LogP contribution < -0.4 is 0 Å². The molecule has 1 aliphatic rings. The van der Waals surface area contributed by atoms with Gasteiger partial charge in [0.05, 0.1) is 11.8 Å². The Kier molecular flexibility index (Phi) is 3.71. The Morgan fingerprint density at radius 3 is 2.31 bits per heavy atom. The zero-order valence-electron chi connectivity index (χ0n) is 6.77. The second kappa shape index (κ2) is 4.59. The highest BCUT2D eigenvalue weighted by atomic mass is 127. The molecule has 0 aromatic heterocycles. The molecule has 0 spiro atoms. The summed E-state index contributed by atoms with van der Waals surface area (Å²) in [4.78, 5) is 21.9. The summed E-state index contributed by atoms with van der Waals surface area (Å²) in [5.41, 5.74) is 0. The van der Waals surface area contributed by atoms with E-state index in [-0.39, 0.29) is 0 Å². The Balaban J connectivity index is 2.75. The van der Waals surface area contributed by atoms with Gasteiger partial charge < -0.3 is 8.17 Å². The van der Waals surface area contributed by atoms with Crippen LogP contribution in [0.5, 0.6) is 0 Å². The van der Waals surface area contributed by atoms with Crippen molar-refractivity contribution >= 4 is 34.9 Å². The van der Waals surface area contributed by atoms with E-state index >= 15 is 0 Å². The van der Waals surface area contributed by atoms with Gasteiger partial charge in [-0.05, 0) is 12.8 Å². The number of carbonyl (C=O) groups excluding carboxylic acids is 1. The second-order valence-electron chi connectivity index (χ2n) is 2.89. The normalized spacial score (nSPS) is 26.8. The van der Waals surface area contributed by atoms with Crippen molar-refractivity contribution < 1.29 is 17.8 Å². The van der Waals surface area contributed by atoms with Crippen LogP contribution in [0.3, 0.4) is 0 Å². The number of aliphatic carboxylic acids is 1. The largest absolute Gasteiger partial charge is 0.481 e. The highest BCUT2D eigenvalue weighted by Gasteiger charge is 2.34.